The molecular weight excluding hydrogens is 208 g/mol. The van der Waals surface area contributed by atoms with Gasteiger partial charge in [-0.2, -0.15) is 0 Å². The first-order valence-corrected chi connectivity index (χ1v) is 5.58. The molecule has 0 aliphatic rings. The Labute approximate surface area is 92.5 Å². The highest BCUT2D eigenvalue weighted by Gasteiger charge is 2.24. The minimum absolute atomic E-state index is 0.524. The van der Waals surface area contributed by atoms with Crippen molar-refractivity contribution >= 4 is 11.3 Å². The summed E-state index contributed by atoms with van der Waals surface area (Å²) in [5.41, 5.74) is -0.0771. The van der Waals surface area contributed by atoms with Gasteiger partial charge in [-0.1, -0.05) is 6.07 Å². The van der Waals surface area contributed by atoms with E-state index in [4.69, 9.17) is 0 Å². The smallest absolute Gasteiger partial charge is 0.0956 e. The molecule has 1 unspecified atom stereocenters. The molecule has 0 saturated heterocycles. The predicted octanol–water partition coefficient (Wildman–Crippen LogP) is 1.99. The van der Waals surface area contributed by atoms with E-state index < -0.39 is 5.60 Å². The van der Waals surface area contributed by atoms with E-state index in [-0.39, 0.29) is 0 Å². The predicted molar refractivity (Wildman–Crippen MR) is 59.6 cm³/mol. The summed E-state index contributed by atoms with van der Waals surface area (Å²) in [5, 5.41) is 13.1. The molecule has 0 saturated carbocycles. The van der Waals surface area contributed by atoms with Crippen molar-refractivity contribution in [3.05, 3.63) is 46.7 Å². The van der Waals surface area contributed by atoms with Gasteiger partial charge in [0.2, 0.25) is 0 Å². The standard InChI is InChI=1S/C11H12N2OS/c1-11(14,7-10-13-5-6-15-10)9-3-2-4-12-8-9/h2-6,8,14H,7H2,1H3. The Kier molecular flexibility index (Phi) is 2.79. The number of rotatable bonds is 3. The number of thiazole rings is 1. The van der Waals surface area contributed by atoms with Gasteiger partial charge in [-0.15, -0.1) is 11.3 Å². The molecule has 2 aromatic rings. The molecule has 78 valence electrons. The summed E-state index contributed by atoms with van der Waals surface area (Å²) in [7, 11) is 0. The van der Waals surface area contributed by atoms with Crippen molar-refractivity contribution in [3.63, 3.8) is 0 Å². The fourth-order valence-corrected chi connectivity index (χ4v) is 2.18. The van der Waals surface area contributed by atoms with Crippen LogP contribution in [0.25, 0.3) is 0 Å². The maximum Gasteiger partial charge on any atom is 0.0956 e. The molecule has 2 heterocycles. The van der Waals surface area contributed by atoms with Crippen molar-refractivity contribution in [3.8, 4) is 0 Å². The van der Waals surface area contributed by atoms with Gasteiger partial charge in [-0.25, -0.2) is 4.98 Å². The highest BCUT2D eigenvalue weighted by molar-refractivity contribution is 7.09. The molecule has 0 spiro atoms. The monoisotopic (exact) mass is 220 g/mol. The van der Waals surface area contributed by atoms with Crippen LogP contribution in [-0.2, 0) is 12.0 Å². The van der Waals surface area contributed by atoms with Crippen molar-refractivity contribution < 1.29 is 5.11 Å². The quantitative estimate of drug-likeness (QED) is 0.860. The first kappa shape index (κ1) is 10.3. The lowest BCUT2D eigenvalue weighted by atomic mass is 9.94. The van der Waals surface area contributed by atoms with Crippen LogP contribution in [0.4, 0.5) is 0 Å². The van der Waals surface area contributed by atoms with Gasteiger partial charge in [0.05, 0.1) is 10.6 Å². The summed E-state index contributed by atoms with van der Waals surface area (Å²) in [6, 6.07) is 3.70. The Hall–Kier alpha value is -1.26. The third-order valence-corrected chi connectivity index (χ3v) is 3.04. The Morgan fingerprint density at radius 1 is 1.47 bits per heavy atom. The van der Waals surface area contributed by atoms with E-state index in [2.05, 4.69) is 9.97 Å². The van der Waals surface area contributed by atoms with Crippen LogP contribution < -0.4 is 0 Å². The van der Waals surface area contributed by atoms with Crippen molar-refractivity contribution in [1.82, 2.24) is 9.97 Å². The van der Waals surface area contributed by atoms with Gasteiger partial charge in [-0.3, -0.25) is 4.98 Å². The average Bonchev–Trinajstić information content (AvgIpc) is 2.71. The fraction of sp³-hybridized carbons (Fsp3) is 0.273. The number of hydrogen-bond donors (Lipinski definition) is 1. The lowest BCUT2D eigenvalue weighted by Gasteiger charge is -2.21. The fourth-order valence-electron chi connectivity index (χ4n) is 1.42. The van der Waals surface area contributed by atoms with Crippen LogP contribution in [0.1, 0.15) is 17.5 Å². The molecule has 0 radical (unpaired) electrons. The van der Waals surface area contributed by atoms with Gasteiger partial charge in [0.25, 0.3) is 0 Å². The summed E-state index contributed by atoms with van der Waals surface area (Å²) in [4.78, 5) is 8.17. The Balaban J connectivity index is 2.20. The summed E-state index contributed by atoms with van der Waals surface area (Å²) in [6.07, 6.45) is 5.66. The minimum Gasteiger partial charge on any atom is -0.385 e. The maximum atomic E-state index is 10.3. The molecular formula is C11H12N2OS. The van der Waals surface area contributed by atoms with Crippen molar-refractivity contribution in [2.24, 2.45) is 0 Å². The highest BCUT2D eigenvalue weighted by Crippen LogP contribution is 2.25. The minimum atomic E-state index is -0.897. The zero-order valence-electron chi connectivity index (χ0n) is 8.42. The second kappa shape index (κ2) is 4.08. The maximum absolute atomic E-state index is 10.3. The number of nitrogens with zero attached hydrogens (tertiary/aromatic N) is 2. The van der Waals surface area contributed by atoms with Gasteiger partial charge < -0.3 is 5.11 Å². The third-order valence-electron chi connectivity index (χ3n) is 2.26. The molecule has 0 bridgehead atoms. The number of pyridine rings is 1. The van der Waals surface area contributed by atoms with Gasteiger partial charge in [0.15, 0.2) is 0 Å². The van der Waals surface area contributed by atoms with Gasteiger partial charge in [-0.05, 0) is 13.0 Å². The summed E-state index contributed by atoms with van der Waals surface area (Å²) < 4.78 is 0. The summed E-state index contributed by atoms with van der Waals surface area (Å²) in [5.74, 6) is 0. The van der Waals surface area contributed by atoms with Crippen LogP contribution in [0.5, 0.6) is 0 Å². The Morgan fingerprint density at radius 3 is 2.93 bits per heavy atom. The molecule has 0 aromatic carbocycles. The topological polar surface area (TPSA) is 46.0 Å². The van der Waals surface area contributed by atoms with Gasteiger partial charge in [0.1, 0.15) is 0 Å². The highest BCUT2D eigenvalue weighted by atomic mass is 32.1. The zero-order valence-corrected chi connectivity index (χ0v) is 9.24. The van der Waals surface area contributed by atoms with Crippen LogP contribution in [0.3, 0.4) is 0 Å². The Morgan fingerprint density at radius 2 is 2.33 bits per heavy atom. The van der Waals surface area contributed by atoms with Gasteiger partial charge in [0, 0.05) is 36.0 Å². The van der Waals surface area contributed by atoms with Crippen molar-refractivity contribution in [2.75, 3.05) is 0 Å². The van der Waals surface area contributed by atoms with Crippen LogP contribution >= 0.6 is 11.3 Å². The van der Waals surface area contributed by atoms with E-state index >= 15 is 0 Å². The second-order valence-electron chi connectivity index (χ2n) is 3.62. The van der Waals surface area contributed by atoms with E-state index in [1.54, 1.807) is 36.9 Å². The van der Waals surface area contributed by atoms with Crippen molar-refractivity contribution in [1.29, 1.82) is 0 Å². The molecule has 2 rings (SSSR count). The van der Waals surface area contributed by atoms with E-state index in [9.17, 15) is 5.11 Å². The molecule has 0 aliphatic heterocycles. The molecule has 0 aliphatic carbocycles. The van der Waals surface area contributed by atoms with E-state index in [0.29, 0.717) is 6.42 Å². The van der Waals surface area contributed by atoms with E-state index in [1.807, 2.05) is 17.5 Å². The SMILES string of the molecule is CC(O)(Cc1nccs1)c1cccnc1. The lowest BCUT2D eigenvalue weighted by molar-refractivity contribution is 0.0572. The largest absolute Gasteiger partial charge is 0.385 e. The first-order valence-electron chi connectivity index (χ1n) is 4.70. The van der Waals surface area contributed by atoms with Crippen LogP contribution in [-0.4, -0.2) is 15.1 Å². The summed E-state index contributed by atoms with van der Waals surface area (Å²) >= 11 is 1.55. The molecule has 15 heavy (non-hydrogen) atoms. The average molecular weight is 220 g/mol. The van der Waals surface area contributed by atoms with Crippen LogP contribution in [0.2, 0.25) is 0 Å². The number of aliphatic hydroxyl groups is 1. The van der Waals surface area contributed by atoms with Crippen LogP contribution in [0.15, 0.2) is 36.1 Å². The molecule has 4 heteroatoms. The zero-order chi connectivity index (χ0) is 10.7. The van der Waals surface area contributed by atoms with Gasteiger partial charge >= 0.3 is 0 Å². The molecule has 3 nitrogen and oxygen atoms in total. The molecule has 2 aromatic heterocycles. The van der Waals surface area contributed by atoms with Crippen LogP contribution in [0, 0.1) is 0 Å². The Bertz CT molecular complexity index is 411. The normalized spacial score (nSPS) is 14.8. The third kappa shape index (κ3) is 2.40. The van der Waals surface area contributed by atoms with Crippen molar-refractivity contribution in [2.45, 2.75) is 18.9 Å². The van der Waals surface area contributed by atoms with E-state index in [1.165, 1.54) is 0 Å². The number of aromatic nitrogens is 2. The molecule has 1 N–H and O–H groups in total. The number of hydrogen-bond acceptors (Lipinski definition) is 4. The summed E-state index contributed by atoms with van der Waals surface area (Å²) in [6.45, 7) is 1.78. The second-order valence-corrected chi connectivity index (χ2v) is 4.60. The van der Waals surface area contributed by atoms with E-state index in [0.717, 1.165) is 10.6 Å². The molecule has 1 atom stereocenters. The molecule has 0 amide bonds. The lowest BCUT2D eigenvalue weighted by Crippen LogP contribution is -2.24. The first-order chi connectivity index (χ1) is 7.18. The molecule has 0 fully saturated rings.